The number of para-hydroxylation sites is 1. The predicted molar refractivity (Wildman–Crippen MR) is 80.2 cm³/mol. The lowest BCUT2D eigenvalue weighted by Gasteiger charge is -2.15. The van der Waals surface area contributed by atoms with Gasteiger partial charge in [0.2, 0.25) is 11.8 Å². The Morgan fingerprint density at radius 2 is 2.08 bits per heavy atom. The Balaban J connectivity index is 1.86. The molecule has 0 unspecified atom stereocenters. The Labute approximate surface area is 137 Å². The third-order valence-corrected chi connectivity index (χ3v) is 3.86. The van der Waals surface area contributed by atoms with Gasteiger partial charge in [-0.3, -0.25) is 9.59 Å². The average molecular weight is 344 g/mol. The van der Waals surface area contributed by atoms with Crippen LogP contribution in [0.15, 0.2) is 24.3 Å². The maximum atomic E-state index is 12.4. The number of halogens is 3. The molecule has 24 heavy (non-hydrogen) atoms. The molecule has 1 aliphatic rings. The molecule has 5 nitrogen and oxygen atoms in total. The van der Waals surface area contributed by atoms with Gasteiger partial charge < -0.3 is 15.0 Å². The van der Waals surface area contributed by atoms with Crippen molar-refractivity contribution < 1.29 is 27.5 Å². The van der Waals surface area contributed by atoms with E-state index in [1.54, 1.807) is 11.0 Å². The number of carbonyl (C=O) groups is 2. The van der Waals surface area contributed by atoms with Gasteiger partial charge in [0.25, 0.3) is 0 Å². The number of benzene rings is 1. The summed E-state index contributed by atoms with van der Waals surface area (Å²) in [4.78, 5) is 25.3. The Morgan fingerprint density at radius 3 is 2.71 bits per heavy atom. The molecule has 1 saturated heterocycles. The summed E-state index contributed by atoms with van der Waals surface area (Å²) >= 11 is 0. The molecule has 2 rings (SSSR count). The molecule has 1 aromatic carbocycles. The highest BCUT2D eigenvalue weighted by Crippen LogP contribution is 2.26. The van der Waals surface area contributed by atoms with Crippen molar-refractivity contribution in [2.24, 2.45) is 5.92 Å². The van der Waals surface area contributed by atoms with Crippen molar-refractivity contribution in [3.63, 3.8) is 0 Å². The first-order chi connectivity index (χ1) is 11.3. The van der Waals surface area contributed by atoms with Crippen molar-refractivity contribution in [2.75, 3.05) is 19.6 Å². The molecule has 1 atom stereocenters. The van der Waals surface area contributed by atoms with Crippen LogP contribution in [-0.2, 0) is 16.0 Å². The summed E-state index contributed by atoms with van der Waals surface area (Å²) in [6.07, 6.45) is -4.38. The molecule has 0 aliphatic carbocycles. The first kappa shape index (κ1) is 18.1. The summed E-state index contributed by atoms with van der Waals surface area (Å²) in [5.41, 5.74) is 0.354. The summed E-state index contributed by atoms with van der Waals surface area (Å²) < 4.78 is 41.0. The molecule has 8 heteroatoms. The SMILES string of the molecule is CCN1C[C@H](C(=O)NCCc2ccccc2OC(F)(F)F)CC1=O. The van der Waals surface area contributed by atoms with Crippen LogP contribution in [0.1, 0.15) is 18.9 Å². The van der Waals surface area contributed by atoms with Gasteiger partial charge in [-0.15, -0.1) is 13.2 Å². The number of alkyl halides is 3. The third kappa shape index (κ3) is 4.87. The molecule has 0 spiro atoms. The van der Waals surface area contributed by atoms with Gasteiger partial charge in [0.1, 0.15) is 5.75 Å². The number of carbonyl (C=O) groups excluding carboxylic acids is 2. The van der Waals surface area contributed by atoms with Crippen molar-refractivity contribution in [3.05, 3.63) is 29.8 Å². The number of nitrogens with zero attached hydrogens (tertiary/aromatic N) is 1. The maximum Gasteiger partial charge on any atom is 0.573 e. The van der Waals surface area contributed by atoms with Gasteiger partial charge >= 0.3 is 6.36 Å². The normalized spacial score (nSPS) is 17.9. The Bertz CT molecular complexity index is 604. The molecule has 0 bridgehead atoms. The quantitative estimate of drug-likeness (QED) is 0.860. The van der Waals surface area contributed by atoms with Crippen LogP contribution in [0.2, 0.25) is 0 Å². The van der Waals surface area contributed by atoms with Gasteiger partial charge in [-0.25, -0.2) is 0 Å². The zero-order chi connectivity index (χ0) is 17.7. The molecular formula is C16H19F3N2O3. The molecule has 1 heterocycles. The number of hydrogen-bond acceptors (Lipinski definition) is 3. The van der Waals surface area contributed by atoms with Crippen molar-refractivity contribution in [1.82, 2.24) is 10.2 Å². The fraction of sp³-hybridized carbons (Fsp3) is 0.500. The number of ether oxygens (including phenoxy) is 1. The largest absolute Gasteiger partial charge is 0.573 e. The highest BCUT2D eigenvalue weighted by molar-refractivity contribution is 5.89. The predicted octanol–water partition coefficient (Wildman–Crippen LogP) is 2.11. The highest BCUT2D eigenvalue weighted by atomic mass is 19.4. The van der Waals surface area contributed by atoms with E-state index in [4.69, 9.17) is 0 Å². The number of hydrogen-bond donors (Lipinski definition) is 1. The summed E-state index contributed by atoms with van der Waals surface area (Å²) in [5.74, 6) is -0.985. The van der Waals surface area contributed by atoms with E-state index < -0.39 is 12.3 Å². The van der Waals surface area contributed by atoms with E-state index in [1.165, 1.54) is 18.2 Å². The fourth-order valence-corrected chi connectivity index (χ4v) is 2.65. The number of likely N-dealkylation sites (tertiary alicyclic amines) is 1. The number of nitrogens with one attached hydrogen (secondary N) is 1. The molecule has 0 saturated carbocycles. The average Bonchev–Trinajstić information content (AvgIpc) is 2.88. The van der Waals surface area contributed by atoms with E-state index >= 15 is 0 Å². The van der Waals surface area contributed by atoms with Gasteiger partial charge in [0.05, 0.1) is 5.92 Å². The van der Waals surface area contributed by atoms with E-state index in [0.29, 0.717) is 18.7 Å². The molecule has 1 fully saturated rings. The van der Waals surface area contributed by atoms with E-state index in [1.807, 2.05) is 6.92 Å². The summed E-state index contributed by atoms with van der Waals surface area (Å²) in [6, 6.07) is 5.81. The van der Waals surface area contributed by atoms with Gasteiger partial charge in [-0.05, 0) is 25.0 Å². The van der Waals surface area contributed by atoms with Crippen LogP contribution in [0.3, 0.4) is 0 Å². The molecule has 2 amide bonds. The second kappa shape index (κ2) is 7.55. The highest BCUT2D eigenvalue weighted by Gasteiger charge is 2.33. The smallest absolute Gasteiger partial charge is 0.406 e. The monoisotopic (exact) mass is 344 g/mol. The number of amides is 2. The summed E-state index contributed by atoms with van der Waals surface area (Å²) in [7, 11) is 0. The minimum absolute atomic E-state index is 0.0541. The van der Waals surface area contributed by atoms with E-state index in [-0.39, 0.29) is 37.0 Å². The van der Waals surface area contributed by atoms with Gasteiger partial charge in [-0.2, -0.15) is 0 Å². The van der Waals surface area contributed by atoms with Crippen LogP contribution in [0.4, 0.5) is 13.2 Å². The first-order valence-corrected chi connectivity index (χ1v) is 7.69. The van der Waals surface area contributed by atoms with Gasteiger partial charge in [-0.1, -0.05) is 18.2 Å². The van der Waals surface area contributed by atoms with Gasteiger partial charge in [0.15, 0.2) is 0 Å². The molecule has 132 valence electrons. The van der Waals surface area contributed by atoms with Crippen LogP contribution in [-0.4, -0.2) is 42.7 Å². The first-order valence-electron chi connectivity index (χ1n) is 7.69. The molecular weight excluding hydrogens is 325 g/mol. The lowest BCUT2D eigenvalue weighted by Crippen LogP contribution is -2.34. The van der Waals surface area contributed by atoms with Crippen molar-refractivity contribution in [2.45, 2.75) is 26.1 Å². The molecule has 0 aromatic heterocycles. The third-order valence-electron chi connectivity index (χ3n) is 3.86. The lowest BCUT2D eigenvalue weighted by molar-refractivity contribution is -0.274. The van der Waals surface area contributed by atoms with E-state index in [2.05, 4.69) is 10.1 Å². The van der Waals surface area contributed by atoms with Crippen molar-refractivity contribution >= 4 is 11.8 Å². The molecule has 1 aromatic rings. The van der Waals surface area contributed by atoms with Crippen LogP contribution in [0.5, 0.6) is 5.75 Å². The standard InChI is InChI=1S/C16H19F3N2O3/c1-2-21-10-12(9-14(21)22)15(23)20-8-7-11-5-3-4-6-13(11)24-16(17,18)19/h3-6,12H,2,7-10H2,1H3,(H,20,23)/t12-/m1/s1. The Hall–Kier alpha value is -2.25. The number of rotatable bonds is 6. The zero-order valence-corrected chi connectivity index (χ0v) is 13.2. The Kier molecular flexibility index (Phi) is 5.69. The lowest BCUT2D eigenvalue weighted by atomic mass is 10.1. The summed E-state index contributed by atoms with van der Waals surface area (Å²) in [6.45, 7) is 2.96. The Morgan fingerprint density at radius 1 is 1.38 bits per heavy atom. The van der Waals surface area contributed by atoms with Crippen LogP contribution in [0, 0.1) is 5.92 Å². The van der Waals surface area contributed by atoms with E-state index in [9.17, 15) is 22.8 Å². The fourth-order valence-electron chi connectivity index (χ4n) is 2.65. The molecule has 1 N–H and O–H groups in total. The van der Waals surface area contributed by atoms with Crippen LogP contribution in [0.25, 0.3) is 0 Å². The van der Waals surface area contributed by atoms with Crippen molar-refractivity contribution in [1.29, 1.82) is 0 Å². The summed E-state index contributed by atoms with van der Waals surface area (Å²) in [5, 5.41) is 2.67. The van der Waals surface area contributed by atoms with Crippen LogP contribution < -0.4 is 10.1 Å². The minimum Gasteiger partial charge on any atom is -0.406 e. The van der Waals surface area contributed by atoms with Gasteiger partial charge in [0, 0.05) is 26.1 Å². The van der Waals surface area contributed by atoms with Crippen LogP contribution >= 0.6 is 0 Å². The zero-order valence-electron chi connectivity index (χ0n) is 13.2. The maximum absolute atomic E-state index is 12.4. The minimum atomic E-state index is -4.76. The molecule has 1 aliphatic heterocycles. The second-order valence-electron chi connectivity index (χ2n) is 5.53. The van der Waals surface area contributed by atoms with E-state index in [0.717, 1.165) is 0 Å². The van der Waals surface area contributed by atoms with Crippen molar-refractivity contribution in [3.8, 4) is 5.75 Å². The topological polar surface area (TPSA) is 58.6 Å². The molecule has 0 radical (unpaired) electrons. The second-order valence-corrected chi connectivity index (χ2v) is 5.53.